The first-order valence-corrected chi connectivity index (χ1v) is 8.21. The van der Waals surface area contributed by atoms with Gasteiger partial charge in [-0.25, -0.2) is 0 Å². The number of rotatable bonds is 3. The molecule has 2 aromatic carbocycles. The fraction of sp³-hybridized carbons (Fsp3) is 0.0556. The Bertz CT molecular complexity index is 1150. The molecule has 1 N–H and O–H groups in total. The van der Waals surface area contributed by atoms with E-state index in [1.807, 2.05) is 6.07 Å². The molecule has 112 valence electrons. The zero-order valence-electron chi connectivity index (χ0n) is 16.9. The van der Waals surface area contributed by atoms with Crippen molar-refractivity contribution < 1.29 is 16.8 Å². The minimum absolute atomic E-state index is 0.0477. The van der Waals surface area contributed by atoms with Crippen LogP contribution in [0.1, 0.15) is 27.3 Å². The van der Waals surface area contributed by atoms with E-state index in [2.05, 4.69) is 4.98 Å². The maximum absolute atomic E-state index is 11.3. The van der Waals surface area contributed by atoms with Crippen LogP contribution in [0.15, 0.2) is 48.4 Å². The molecule has 1 aromatic heterocycles. The van der Waals surface area contributed by atoms with E-state index < -0.39 is 38.6 Å². The quantitative estimate of drug-likeness (QED) is 0.716. The van der Waals surface area contributed by atoms with Gasteiger partial charge >= 0.3 is 146 Å². The molecule has 0 aliphatic carbocycles. The van der Waals surface area contributed by atoms with Crippen molar-refractivity contribution in [2.45, 2.75) is 6.92 Å². The first-order chi connectivity index (χ1) is 13.2. The molecule has 0 saturated carbocycles. The number of hydrogen-bond acceptors (Lipinski definition) is 3. The monoisotopic (exact) mass is 373 g/mol. The van der Waals surface area contributed by atoms with Crippen LogP contribution >= 0.6 is 0 Å². The molecule has 0 saturated heterocycles. The van der Waals surface area contributed by atoms with Crippen molar-refractivity contribution in [2.75, 3.05) is 0 Å². The Hall–Kier alpha value is -2.67. The molecule has 3 rings (SSSR count). The van der Waals surface area contributed by atoms with Crippen molar-refractivity contribution in [2.24, 2.45) is 0 Å². The standard InChI is InChI=1S/C18H12N2O2Se/c1-11-16(18(21)22)23-17(20-11)13-7-8-15(14(9-13)10-19)12-5-3-2-4-6-12/h2-9H,1H3,(H,21,22)/i2D,3D,4D,5D,6D. The average molecular weight is 372 g/mol. The van der Waals surface area contributed by atoms with Gasteiger partial charge in [-0.3, -0.25) is 0 Å². The second-order valence-electron chi connectivity index (χ2n) is 4.61. The van der Waals surface area contributed by atoms with E-state index in [0.717, 1.165) is 0 Å². The van der Waals surface area contributed by atoms with Crippen molar-refractivity contribution >= 4 is 20.5 Å². The predicted octanol–water partition coefficient (Wildman–Crippen LogP) is 3.35. The number of carbonyl (C=O) groups is 1. The second kappa shape index (κ2) is 6.21. The number of carboxylic acids is 1. The normalized spacial score (nSPS) is 13.3. The number of nitriles is 1. The zero-order valence-corrected chi connectivity index (χ0v) is 13.6. The van der Waals surface area contributed by atoms with Gasteiger partial charge in [0.25, 0.3) is 0 Å². The molecule has 0 aliphatic rings. The summed E-state index contributed by atoms with van der Waals surface area (Å²) in [6.07, 6.45) is 0. The van der Waals surface area contributed by atoms with Gasteiger partial charge in [0.15, 0.2) is 0 Å². The van der Waals surface area contributed by atoms with E-state index in [1.165, 1.54) is 12.1 Å². The Morgan fingerprint density at radius 2 is 2.04 bits per heavy atom. The minimum atomic E-state index is -1.02. The Labute approximate surface area is 146 Å². The third-order valence-corrected chi connectivity index (χ3v) is 5.65. The van der Waals surface area contributed by atoms with Gasteiger partial charge in [-0.2, -0.15) is 0 Å². The van der Waals surface area contributed by atoms with Gasteiger partial charge in [-0.05, 0) is 0 Å². The summed E-state index contributed by atoms with van der Waals surface area (Å²) in [6, 6.07) is 4.42. The molecule has 0 amide bonds. The predicted molar refractivity (Wildman–Crippen MR) is 88.5 cm³/mol. The van der Waals surface area contributed by atoms with E-state index in [-0.39, 0.29) is 33.2 Å². The van der Waals surface area contributed by atoms with Gasteiger partial charge in [-0.1, -0.05) is 0 Å². The summed E-state index contributed by atoms with van der Waals surface area (Å²) in [6.45, 7) is 1.62. The third-order valence-electron chi connectivity index (χ3n) is 3.15. The Morgan fingerprint density at radius 1 is 1.30 bits per heavy atom. The molecule has 3 aromatic rings. The Kier molecular flexibility index (Phi) is 2.75. The molecule has 4 nitrogen and oxygen atoms in total. The van der Waals surface area contributed by atoms with E-state index in [1.54, 1.807) is 13.0 Å². The fourth-order valence-corrected chi connectivity index (χ4v) is 3.98. The van der Waals surface area contributed by atoms with Crippen LogP contribution in [0.25, 0.3) is 21.3 Å². The zero-order chi connectivity index (χ0) is 20.7. The molecule has 0 aliphatic heterocycles. The number of carboxylic acid groups (broad SMARTS) is 1. The van der Waals surface area contributed by atoms with E-state index in [9.17, 15) is 15.2 Å². The Morgan fingerprint density at radius 3 is 2.65 bits per heavy atom. The van der Waals surface area contributed by atoms with Crippen molar-refractivity contribution in [3.63, 3.8) is 0 Å². The molecule has 23 heavy (non-hydrogen) atoms. The molecule has 1 heterocycles. The number of aromatic nitrogens is 1. The van der Waals surface area contributed by atoms with E-state index >= 15 is 0 Å². The second-order valence-corrected chi connectivity index (χ2v) is 6.71. The van der Waals surface area contributed by atoms with Crippen LogP contribution in [0, 0.1) is 18.3 Å². The van der Waals surface area contributed by atoms with Gasteiger partial charge in [0.2, 0.25) is 0 Å². The molecule has 0 bridgehead atoms. The van der Waals surface area contributed by atoms with Crippen molar-refractivity contribution in [1.82, 2.24) is 4.98 Å². The maximum atomic E-state index is 11.3. The van der Waals surface area contributed by atoms with Crippen LogP contribution in [0.5, 0.6) is 0 Å². The summed E-state index contributed by atoms with van der Waals surface area (Å²) >= 11 is -0.513. The summed E-state index contributed by atoms with van der Waals surface area (Å²) in [7, 11) is 0. The average Bonchev–Trinajstić information content (AvgIpc) is 3.07. The molecule has 0 fully saturated rings. The molecule has 0 unspecified atom stereocenters. The Balaban J connectivity index is 2.21. The van der Waals surface area contributed by atoms with Crippen molar-refractivity contribution in [3.8, 4) is 27.3 Å². The number of benzene rings is 2. The van der Waals surface area contributed by atoms with Crippen molar-refractivity contribution in [3.05, 3.63) is 64.1 Å². The summed E-state index contributed by atoms with van der Waals surface area (Å²) < 4.78 is 40.3. The number of aryl methyl sites for hydroxylation is 1. The van der Waals surface area contributed by atoms with Crippen LogP contribution in [-0.2, 0) is 0 Å². The number of aromatic carboxylic acids is 1. The van der Waals surface area contributed by atoms with Gasteiger partial charge in [0, 0.05) is 0 Å². The van der Waals surface area contributed by atoms with Gasteiger partial charge in [0.05, 0.1) is 0 Å². The van der Waals surface area contributed by atoms with Crippen LogP contribution in [0.2, 0.25) is 0 Å². The first kappa shape index (κ1) is 10.2. The van der Waals surface area contributed by atoms with Gasteiger partial charge in [-0.15, -0.1) is 0 Å². The van der Waals surface area contributed by atoms with E-state index in [4.69, 9.17) is 6.85 Å². The molecular weight excluding hydrogens is 355 g/mol. The molecular formula is C18H12N2O2Se. The SMILES string of the molecule is [2H]c1c([2H])c([2H])c(-c2ccc(-c3nc(C)c(C(=O)O)[se]3)cc2C#N)c([2H])c1[2H]. The van der Waals surface area contributed by atoms with E-state index in [0.29, 0.717) is 15.8 Å². The number of hydrogen-bond donors (Lipinski definition) is 1. The van der Waals surface area contributed by atoms with Crippen LogP contribution in [0.3, 0.4) is 0 Å². The van der Waals surface area contributed by atoms with Gasteiger partial charge in [0.1, 0.15) is 0 Å². The summed E-state index contributed by atoms with van der Waals surface area (Å²) in [4.78, 5) is 15.5. The third kappa shape index (κ3) is 2.95. The van der Waals surface area contributed by atoms with Crippen molar-refractivity contribution in [1.29, 1.82) is 5.26 Å². The molecule has 0 atom stereocenters. The summed E-state index contributed by atoms with van der Waals surface area (Å²) in [5.74, 6) is -1.02. The summed E-state index contributed by atoms with van der Waals surface area (Å²) in [5, 5.41) is 18.8. The summed E-state index contributed by atoms with van der Waals surface area (Å²) in [5.41, 5.74) is 1.29. The van der Waals surface area contributed by atoms with Gasteiger partial charge < -0.3 is 0 Å². The van der Waals surface area contributed by atoms with Crippen LogP contribution in [-0.4, -0.2) is 30.6 Å². The van der Waals surface area contributed by atoms with Crippen LogP contribution in [0.4, 0.5) is 0 Å². The molecule has 0 radical (unpaired) electrons. The van der Waals surface area contributed by atoms with Crippen LogP contribution < -0.4 is 0 Å². The number of nitrogens with zero attached hydrogens (tertiary/aromatic N) is 2. The molecule has 5 heteroatoms. The first-order valence-electron chi connectivity index (χ1n) is 8.99. The fourth-order valence-electron chi connectivity index (χ4n) is 2.09. The molecule has 0 spiro atoms. The topological polar surface area (TPSA) is 74.0 Å².